The summed E-state index contributed by atoms with van der Waals surface area (Å²) in [4.78, 5) is 24.4. The second kappa shape index (κ2) is 6.44. The summed E-state index contributed by atoms with van der Waals surface area (Å²) < 4.78 is 14.9. The summed E-state index contributed by atoms with van der Waals surface area (Å²) in [6.45, 7) is 5.23. The Labute approximate surface area is 101 Å². The Bertz CT molecular complexity index is 279. The second-order valence-electron chi connectivity index (χ2n) is 4.30. The molecule has 0 aromatic heterocycles. The van der Waals surface area contributed by atoms with Crippen molar-refractivity contribution in [2.24, 2.45) is 5.92 Å². The van der Waals surface area contributed by atoms with E-state index in [1.54, 1.807) is 0 Å². The molecule has 6 nitrogen and oxygen atoms in total. The minimum atomic E-state index is -0.708. The Morgan fingerprint density at radius 2 is 2.18 bits per heavy atom. The van der Waals surface area contributed by atoms with Crippen LogP contribution in [0.15, 0.2) is 0 Å². The Morgan fingerprint density at radius 3 is 2.76 bits per heavy atom. The Hall–Kier alpha value is -1.30. The van der Waals surface area contributed by atoms with Crippen LogP contribution in [0.1, 0.15) is 13.8 Å². The highest BCUT2D eigenvalue weighted by Gasteiger charge is 2.30. The van der Waals surface area contributed by atoms with Crippen LogP contribution in [0.2, 0.25) is 0 Å². The molecule has 1 amide bonds. The molecule has 0 radical (unpaired) electrons. The van der Waals surface area contributed by atoms with Gasteiger partial charge in [-0.1, -0.05) is 13.8 Å². The van der Waals surface area contributed by atoms with Gasteiger partial charge in [-0.15, -0.1) is 0 Å². The molecule has 0 aromatic carbocycles. The molecule has 1 aliphatic rings. The van der Waals surface area contributed by atoms with Crippen LogP contribution in [-0.4, -0.2) is 56.5 Å². The first-order chi connectivity index (χ1) is 8.04. The Kier molecular flexibility index (Phi) is 5.21. The number of amides is 1. The topological polar surface area (TPSA) is 65.1 Å². The predicted octanol–water partition coefficient (Wildman–Crippen LogP) is 0.653. The molecule has 1 unspecified atom stereocenters. The molecule has 0 saturated carbocycles. The lowest BCUT2D eigenvalue weighted by Gasteiger charge is -2.30. The minimum absolute atomic E-state index is 0.184. The van der Waals surface area contributed by atoms with Gasteiger partial charge in [0.25, 0.3) is 0 Å². The van der Waals surface area contributed by atoms with Crippen molar-refractivity contribution in [2.45, 2.75) is 20.0 Å². The van der Waals surface area contributed by atoms with Gasteiger partial charge in [-0.2, -0.15) is 0 Å². The van der Waals surface area contributed by atoms with Gasteiger partial charge in [0.05, 0.1) is 26.9 Å². The van der Waals surface area contributed by atoms with Gasteiger partial charge < -0.3 is 19.1 Å². The van der Waals surface area contributed by atoms with E-state index < -0.39 is 18.2 Å². The molecule has 98 valence electrons. The van der Waals surface area contributed by atoms with Crippen molar-refractivity contribution in [3.05, 3.63) is 0 Å². The number of nitrogens with zero attached hydrogens (tertiary/aromatic N) is 1. The predicted molar refractivity (Wildman–Crippen MR) is 59.5 cm³/mol. The van der Waals surface area contributed by atoms with Crippen LogP contribution in [0.4, 0.5) is 4.79 Å². The molecule has 1 rings (SSSR count). The maximum absolute atomic E-state index is 11.7. The SMILES string of the molecule is COC(=O)C1CN(C(=O)OCC(C)C)CCO1. The number of ether oxygens (including phenoxy) is 3. The summed E-state index contributed by atoms with van der Waals surface area (Å²) in [5, 5.41) is 0. The van der Waals surface area contributed by atoms with Gasteiger partial charge in [0.2, 0.25) is 0 Å². The molecule has 1 fully saturated rings. The number of hydrogen-bond acceptors (Lipinski definition) is 5. The van der Waals surface area contributed by atoms with Crippen LogP contribution >= 0.6 is 0 Å². The lowest BCUT2D eigenvalue weighted by atomic mass is 10.2. The minimum Gasteiger partial charge on any atom is -0.467 e. The molecular weight excluding hydrogens is 226 g/mol. The first kappa shape index (κ1) is 13.8. The maximum atomic E-state index is 11.7. The molecule has 0 aromatic rings. The van der Waals surface area contributed by atoms with Crippen LogP contribution in [0.25, 0.3) is 0 Å². The van der Waals surface area contributed by atoms with Crippen LogP contribution in [0.5, 0.6) is 0 Å². The van der Waals surface area contributed by atoms with Gasteiger partial charge in [0, 0.05) is 6.54 Å². The van der Waals surface area contributed by atoms with Crippen molar-refractivity contribution in [3.8, 4) is 0 Å². The fourth-order valence-electron chi connectivity index (χ4n) is 1.42. The normalized spacial score (nSPS) is 20.2. The van der Waals surface area contributed by atoms with E-state index in [-0.39, 0.29) is 12.5 Å². The van der Waals surface area contributed by atoms with E-state index in [4.69, 9.17) is 9.47 Å². The van der Waals surface area contributed by atoms with Gasteiger partial charge in [-0.05, 0) is 5.92 Å². The standard InChI is InChI=1S/C11H19NO5/c1-8(2)7-17-11(14)12-4-5-16-9(6-12)10(13)15-3/h8-9H,4-7H2,1-3H3. The number of methoxy groups -OCH3 is 1. The number of carbonyl (C=O) groups excluding carboxylic acids is 2. The van der Waals surface area contributed by atoms with Crippen molar-refractivity contribution in [1.29, 1.82) is 0 Å². The van der Waals surface area contributed by atoms with Crippen molar-refractivity contribution in [1.82, 2.24) is 4.90 Å². The highest BCUT2D eigenvalue weighted by molar-refractivity contribution is 5.76. The van der Waals surface area contributed by atoms with Crippen LogP contribution < -0.4 is 0 Å². The average molecular weight is 245 g/mol. The number of hydrogen-bond donors (Lipinski definition) is 0. The molecule has 1 heterocycles. The second-order valence-corrected chi connectivity index (χ2v) is 4.30. The molecule has 17 heavy (non-hydrogen) atoms. The zero-order valence-corrected chi connectivity index (χ0v) is 10.5. The first-order valence-electron chi connectivity index (χ1n) is 5.65. The highest BCUT2D eigenvalue weighted by atomic mass is 16.6. The van der Waals surface area contributed by atoms with Crippen LogP contribution in [-0.2, 0) is 19.0 Å². The van der Waals surface area contributed by atoms with E-state index in [2.05, 4.69) is 4.74 Å². The number of carbonyl (C=O) groups is 2. The van der Waals surface area contributed by atoms with Crippen molar-refractivity contribution in [3.63, 3.8) is 0 Å². The molecule has 1 aliphatic heterocycles. The third-order valence-electron chi connectivity index (χ3n) is 2.33. The average Bonchev–Trinajstić information content (AvgIpc) is 2.35. The smallest absolute Gasteiger partial charge is 0.409 e. The van der Waals surface area contributed by atoms with Gasteiger partial charge >= 0.3 is 12.1 Å². The Balaban J connectivity index is 2.43. The summed E-state index contributed by atoms with van der Waals surface area (Å²) >= 11 is 0. The lowest BCUT2D eigenvalue weighted by Crippen LogP contribution is -2.49. The van der Waals surface area contributed by atoms with Gasteiger partial charge in [0.1, 0.15) is 0 Å². The summed E-state index contributed by atoms with van der Waals surface area (Å²) in [5.74, 6) is -0.178. The number of esters is 1. The quantitative estimate of drug-likeness (QED) is 0.683. The summed E-state index contributed by atoms with van der Waals surface area (Å²) in [5.41, 5.74) is 0. The van der Waals surface area contributed by atoms with Gasteiger partial charge in [-0.25, -0.2) is 9.59 Å². The highest BCUT2D eigenvalue weighted by Crippen LogP contribution is 2.08. The zero-order valence-electron chi connectivity index (χ0n) is 10.5. The molecule has 1 atom stereocenters. The zero-order chi connectivity index (χ0) is 12.8. The molecule has 6 heteroatoms. The lowest BCUT2D eigenvalue weighted by molar-refractivity contribution is -0.158. The van der Waals surface area contributed by atoms with E-state index in [1.807, 2.05) is 13.8 Å². The maximum Gasteiger partial charge on any atom is 0.409 e. The summed E-state index contributed by atoms with van der Waals surface area (Å²) in [6.07, 6.45) is -1.11. The molecule has 0 bridgehead atoms. The van der Waals surface area contributed by atoms with Crippen molar-refractivity contribution < 1.29 is 23.8 Å². The third kappa shape index (κ3) is 4.22. The van der Waals surface area contributed by atoms with E-state index in [0.717, 1.165) is 0 Å². The summed E-state index contributed by atoms with van der Waals surface area (Å²) in [6, 6.07) is 0. The third-order valence-corrected chi connectivity index (χ3v) is 2.33. The van der Waals surface area contributed by atoms with E-state index >= 15 is 0 Å². The number of morpholine rings is 1. The van der Waals surface area contributed by atoms with Crippen LogP contribution in [0.3, 0.4) is 0 Å². The summed E-state index contributed by atoms with van der Waals surface area (Å²) in [7, 11) is 1.29. The molecule has 0 N–H and O–H groups in total. The molecular formula is C11H19NO5. The fourth-order valence-corrected chi connectivity index (χ4v) is 1.42. The number of rotatable bonds is 3. The van der Waals surface area contributed by atoms with Gasteiger partial charge in [0.15, 0.2) is 6.10 Å². The van der Waals surface area contributed by atoms with Crippen LogP contribution in [0, 0.1) is 5.92 Å². The van der Waals surface area contributed by atoms with E-state index in [9.17, 15) is 9.59 Å². The monoisotopic (exact) mass is 245 g/mol. The van der Waals surface area contributed by atoms with E-state index in [1.165, 1.54) is 12.0 Å². The molecule has 0 aliphatic carbocycles. The first-order valence-corrected chi connectivity index (χ1v) is 5.65. The van der Waals surface area contributed by atoms with Crippen molar-refractivity contribution >= 4 is 12.1 Å². The largest absolute Gasteiger partial charge is 0.467 e. The Morgan fingerprint density at radius 1 is 1.47 bits per heavy atom. The molecule has 0 spiro atoms. The molecule has 1 saturated heterocycles. The van der Waals surface area contributed by atoms with E-state index in [0.29, 0.717) is 19.8 Å². The van der Waals surface area contributed by atoms with Crippen molar-refractivity contribution in [2.75, 3.05) is 33.4 Å². The fraction of sp³-hybridized carbons (Fsp3) is 0.818. The van der Waals surface area contributed by atoms with Gasteiger partial charge in [-0.3, -0.25) is 0 Å².